The van der Waals surface area contributed by atoms with Crippen molar-refractivity contribution in [2.75, 3.05) is 18.5 Å². The first-order chi connectivity index (χ1) is 15.7. The Morgan fingerprint density at radius 3 is 2.53 bits per heavy atom. The van der Waals surface area contributed by atoms with Crippen molar-refractivity contribution in [3.63, 3.8) is 0 Å². The highest BCUT2D eigenvalue weighted by Gasteiger charge is 2.14. The van der Waals surface area contributed by atoms with Crippen LogP contribution in [0.4, 0.5) is 5.82 Å². The number of hydrogen-bond acceptors (Lipinski definition) is 4. The smallest absolute Gasteiger partial charge is 0.230 e. The summed E-state index contributed by atoms with van der Waals surface area (Å²) in [5.41, 5.74) is 4.29. The van der Waals surface area contributed by atoms with Gasteiger partial charge in [0.2, 0.25) is 5.91 Å². The van der Waals surface area contributed by atoms with Crippen LogP contribution in [0.25, 0.3) is 10.9 Å². The Kier molecular flexibility index (Phi) is 5.75. The maximum absolute atomic E-state index is 12.7. The Morgan fingerprint density at radius 1 is 0.875 bits per heavy atom. The van der Waals surface area contributed by atoms with Crippen LogP contribution in [0.1, 0.15) is 23.1 Å². The number of carbonyl (C=O) groups is 1. The average Bonchev–Trinajstić information content (AvgIpc) is 3.05. The van der Waals surface area contributed by atoms with Crippen LogP contribution in [0.15, 0.2) is 66.7 Å². The van der Waals surface area contributed by atoms with E-state index in [1.165, 1.54) is 11.1 Å². The minimum absolute atomic E-state index is 0.123. The van der Waals surface area contributed by atoms with Gasteiger partial charge in [0.25, 0.3) is 0 Å². The number of aromatic nitrogens is 2. The molecule has 1 aliphatic rings. The second-order valence-electron chi connectivity index (χ2n) is 7.99. The van der Waals surface area contributed by atoms with E-state index in [0.29, 0.717) is 24.8 Å². The van der Waals surface area contributed by atoms with Gasteiger partial charge in [-0.1, -0.05) is 42.5 Å². The molecule has 0 bridgehead atoms. The van der Waals surface area contributed by atoms with Crippen molar-refractivity contribution in [1.82, 2.24) is 10.2 Å². The van der Waals surface area contributed by atoms with Gasteiger partial charge < -0.3 is 14.8 Å². The van der Waals surface area contributed by atoms with Gasteiger partial charge in [0.05, 0.1) is 25.2 Å². The monoisotopic (exact) mass is 427 g/mol. The molecule has 1 amide bonds. The lowest BCUT2D eigenvalue weighted by Gasteiger charge is -2.09. The molecule has 1 aromatic heterocycles. The van der Waals surface area contributed by atoms with Gasteiger partial charge in [0.1, 0.15) is 0 Å². The van der Waals surface area contributed by atoms with Crippen molar-refractivity contribution < 1.29 is 14.3 Å². The summed E-state index contributed by atoms with van der Waals surface area (Å²) in [6.07, 6.45) is 2.98. The van der Waals surface area contributed by atoms with Gasteiger partial charge in [-0.05, 0) is 53.8 Å². The standard InChI is InChI=1S/C26H25N3O3/c30-25(17-20-10-12-23-24(16-20)32-14-4-13-31-23)27-26-21-15-19(9-11-22(21)28-29-26)8-7-18-5-2-1-3-6-18/h1-3,5-6,9-12,15-16H,4,7-8,13-14,17H2,(H2,27,28,29,30). The van der Waals surface area contributed by atoms with Gasteiger partial charge >= 0.3 is 0 Å². The van der Waals surface area contributed by atoms with Crippen LogP contribution in [-0.2, 0) is 24.1 Å². The predicted molar refractivity (Wildman–Crippen MR) is 124 cm³/mol. The number of rotatable bonds is 6. The lowest BCUT2D eigenvalue weighted by atomic mass is 10.0. The number of ether oxygens (including phenoxy) is 2. The van der Waals surface area contributed by atoms with E-state index in [0.717, 1.165) is 41.5 Å². The Balaban J connectivity index is 1.27. The summed E-state index contributed by atoms with van der Waals surface area (Å²) < 4.78 is 11.4. The van der Waals surface area contributed by atoms with E-state index < -0.39 is 0 Å². The Bertz CT molecular complexity index is 1230. The summed E-state index contributed by atoms with van der Waals surface area (Å²) in [6, 6.07) is 22.3. The van der Waals surface area contributed by atoms with Crippen molar-refractivity contribution in [3.8, 4) is 11.5 Å². The summed E-state index contributed by atoms with van der Waals surface area (Å²) in [5.74, 6) is 1.86. The van der Waals surface area contributed by atoms with Crippen LogP contribution < -0.4 is 14.8 Å². The summed E-state index contributed by atoms with van der Waals surface area (Å²) in [7, 11) is 0. The number of H-pyrrole nitrogens is 1. The van der Waals surface area contributed by atoms with E-state index >= 15 is 0 Å². The molecule has 0 fully saturated rings. The number of aryl methyl sites for hydroxylation is 2. The second kappa shape index (κ2) is 9.14. The molecule has 1 aliphatic heterocycles. The van der Waals surface area contributed by atoms with Gasteiger partial charge in [-0.2, -0.15) is 5.10 Å². The van der Waals surface area contributed by atoms with E-state index in [-0.39, 0.29) is 12.3 Å². The summed E-state index contributed by atoms with van der Waals surface area (Å²) >= 11 is 0. The Morgan fingerprint density at radius 2 is 1.66 bits per heavy atom. The molecular formula is C26H25N3O3. The van der Waals surface area contributed by atoms with E-state index in [2.05, 4.69) is 51.9 Å². The first-order valence-corrected chi connectivity index (χ1v) is 10.9. The SMILES string of the molecule is O=C(Cc1ccc2c(c1)OCCCO2)Nc1n[nH]c2ccc(CCc3ccccc3)cc12. The molecule has 0 saturated carbocycles. The van der Waals surface area contributed by atoms with Crippen molar-refractivity contribution in [2.24, 2.45) is 0 Å². The molecule has 3 aromatic carbocycles. The highest BCUT2D eigenvalue weighted by molar-refractivity contribution is 6.00. The summed E-state index contributed by atoms with van der Waals surface area (Å²) in [6.45, 7) is 1.26. The lowest BCUT2D eigenvalue weighted by molar-refractivity contribution is -0.115. The Hall–Kier alpha value is -3.80. The van der Waals surface area contributed by atoms with Crippen molar-refractivity contribution >= 4 is 22.6 Å². The van der Waals surface area contributed by atoms with Crippen molar-refractivity contribution in [1.29, 1.82) is 0 Å². The molecule has 6 heteroatoms. The zero-order valence-electron chi connectivity index (χ0n) is 17.8. The van der Waals surface area contributed by atoms with Gasteiger partial charge in [-0.25, -0.2) is 0 Å². The number of anilines is 1. The van der Waals surface area contributed by atoms with Crippen LogP contribution >= 0.6 is 0 Å². The van der Waals surface area contributed by atoms with Gasteiger partial charge in [-0.15, -0.1) is 0 Å². The molecule has 0 unspecified atom stereocenters. The van der Waals surface area contributed by atoms with Crippen LogP contribution in [0.5, 0.6) is 11.5 Å². The number of aromatic amines is 1. The minimum atomic E-state index is -0.123. The first kappa shape index (κ1) is 20.1. The lowest BCUT2D eigenvalue weighted by Crippen LogP contribution is -2.15. The zero-order chi connectivity index (χ0) is 21.8. The first-order valence-electron chi connectivity index (χ1n) is 10.9. The molecule has 6 nitrogen and oxygen atoms in total. The van der Waals surface area contributed by atoms with Gasteiger partial charge in [-0.3, -0.25) is 9.89 Å². The van der Waals surface area contributed by atoms with Gasteiger partial charge in [0, 0.05) is 11.8 Å². The topological polar surface area (TPSA) is 76.2 Å². The fourth-order valence-electron chi connectivity index (χ4n) is 3.92. The maximum Gasteiger partial charge on any atom is 0.230 e. The predicted octanol–water partition coefficient (Wildman–Crippen LogP) is 4.69. The highest BCUT2D eigenvalue weighted by atomic mass is 16.5. The molecule has 4 aromatic rings. The third-order valence-corrected chi connectivity index (χ3v) is 5.61. The maximum atomic E-state index is 12.7. The van der Waals surface area contributed by atoms with E-state index in [1.807, 2.05) is 30.3 Å². The molecule has 0 aliphatic carbocycles. The van der Waals surface area contributed by atoms with Gasteiger partial charge in [0.15, 0.2) is 17.3 Å². The Labute approximate surface area is 186 Å². The fourth-order valence-corrected chi connectivity index (χ4v) is 3.92. The number of carbonyl (C=O) groups excluding carboxylic acids is 1. The number of hydrogen-bond donors (Lipinski definition) is 2. The van der Waals surface area contributed by atoms with E-state index in [1.54, 1.807) is 0 Å². The average molecular weight is 428 g/mol. The quantitative estimate of drug-likeness (QED) is 0.468. The van der Waals surface area contributed by atoms with Crippen LogP contribution in [0, 0.1) is 0 Å². The molecular weight excluding hydrogens is 402 g/mol. The molecule has 0 atom stereocenters. The van der Waals surface area contributed by atoms with E-state index in [4.69, 9.17) is 9.47 Å². The summed E-state index contributed by atoms with van der Waals surface area (Å²) in [5, 5.41) is 11.2. The number of fused-ring (bicyclic) bond motifs is 2. The highest BCUT2D eigenvalue weighted by Crippen LogP contribution is 2.30. The van der Waals surface area contributed by atoms with Crippen LogP contribution in [0.2, 0.25) is 0 Å². The van der Waals surface area contributed by atoms with Crippen molar-refractivity contribution in [3.05, 3.63) is 83.4 Å². The van der Waals surface area contributed by atoms with Crippen LogP contribution in [0.3, 0.4) is 0 Å². The van der Waals surface area contributed by atoms with Crippen molar-refractivity contribution in [2.45, 2.75) is 25.7 Å². The molecule has 0 radical (unpaired) electrons. The number of nitrogens with zero attached hydrogens (tertiary/aromatic N) is 1. The van der Waals surface area contributed by atoms with E-state index in [9.17, 15) is 4.79 Å². The number of amides is 1. The molecule has 162 valence electrons. The minimum Gasteiger partial charge on any atom is -0.490 e. The summed E-state index contributed by atoms with van der Waals surface area (Å²) in [4.78, 5) is 12.7. The molecule has 2 heterocycles. The fraction of sp³-hybridized carbons (Fsp3) is 0.231. The molecule has 0 saturated heterocycles. The molecule has 0 spiro atoms. The molecule has 5 rings (SSSR count). The third kappa shape index (κ3) is 4.59. The largest absolute Gasteiger partial charge is 0.490 e. The second-order valence-corrected chi connectivity index (χ2v) is 7.99. The van der Waals surface area contributed by atoms with Crippen LogP contribution in [-0.4, -0.2) is 29.3 Å². The molecule has 2 N–H and O–H groups in total. The number of nitrogens with one attached hydrogen (secondary N) is 2. The third-order valence-electron chi connectivity index (χ3n) is 5.61. The molecule has 32 heavy (non-hydrogen) atoms. The normalized spacial score (nSPS) is 13.0. The zero-order valence-corrected chi connectivity index (χ0v) is 17.8. The number of benzene rings is 3.